The molecule has 2 rings (SSSR count). The fourth-order valence-electron chi connectivity index (χ4n) is 7.93. The van der Waals surface area contributed by atoms with Crippen molar-refractivity contribution in [3.8, 4) is 0 Å². The minimum Gasteiger partial charge on any atom is -0.462 e. The van der Waals surface area contributed by atoms with Crippen LogP contribution in [0.15, 0.2) is 85.1 Å². The molecule has 2 heterocycles. The Labute approximate surface area is 431 Å². The number of unbranched alkanes of at least 4 members (excludes halogenated alkanes) is 13. The molecule has 0 radical (unpaired) electrons. The van der Waals surface area contributed by atoms with E-state index in [-0.39, 0.29) is 19.4 Å². The zero-order valence-corrected chi connectivity index (χ0v) is 43.6. The Bertz CT molecular complexity index is 1570. The lowest BCUT2D eigenvalue weighted by Crippen LogP contribution is -2.61. The first-order valence-corrected chi connectivity index (χ1v) is 27.2. The van der Waals surface area contributed by atoms with Gasteiger partial charge in [0.05, 0.1) is 19.8 Å². The number of ether oxygens (including phenoxy) is 6. The number of esters is 2. The molecule has 0 aromatic heterocycles. The maximum atomic E-state index is 13.0. The summed E-state index contributed by atoms with van der Waals surface area (Å²) >= 11 is 0. The molecule has 15 nitrogen and oxygen atoms in total. The highest BCUT2D eigenvalue weighted by Crippen LogP contribution is 2.26. The van der Waals surface area contributed by atoms with Crippen LogP contribution >= 0.6 is 0 Å². The Morgan fingerprint density at radius 2 is 0.889 bits per heavy atom. The van der Waals surface area contributed by atoms with Crippen LogP contribution in [0.25, 0.3) is 0 Å². The van der Waals surface area contributed by atoms with Crippen LogP contribution in [0, 0.1) is 0 Å². The molecule has 0 spiro atoms. The second-order valence-corrected chi connectivity index (χ2v) is 18.7. The van der Waals surface area contributed by atoms with Gasteiger partial charge in [0.25, 0.3) is 0 Å². The van der Waals surface area contributed by atoms with E-state index >= 15 is 0 Å². The molecule has 2 saturated heterocycles. The van der Waals surface area contributed by atoms with Crippen molar-refractivity contribution in [3.63, 3.8) is 0 Å². The first-order chi connectivity index (χ1) is 35.0. The third kappa shape index (κ3) is 30.1. The summed E-state index contributed by atoms with van der Waals surface area (Å²) in [6, 6.07) is 0. The van der Waals surface area contributed by atoms with Gasteiger partial charge < -0.3 is 64.2 Å². The van der Waals surface area contributed by atoms with Crippen LogP contribution in [-0.2, 0) is 38.0 Å². The lowest BCUT2D eigenvalue weighted by atomic mass is 9.98. The average Bonchev–Trinajstić information content (AvgIpc) is 3.37. The van der Waals surface area contributed by atoms with Crippen LogP contribution in [0.3, 0.4) is 0 Å². The van der Waals surface area contributed by atoms with E-state index in [4.69, 9.17) is 28.4 Å². The predicted octanol–water partition coefficient (Wildman–Crippen LogP) is 8.38. The van der Waals surface area contributed by atoms with Crippen LogP contribution in [0.2, 0.25) is 0 Å². The molecule has 0 aromatic carbocycles. The fraction of sp³-hybridized carbons (Fsp3) is 0.719. The van der Waals surface area contributed by atoms with Crippen LogP contribution in [0.1, 0.15) is 168 Å². The average molecular weight is 1020 g/mol. The summed E-state index contributed by atoms with van der Waals surface area (Å²) < 4.78 is 33.6. The van der Waals surface area contributed by atoms with E-state index in [1.807, 2.05) is 12.2 Å². The van der Waals surface area contributed by atoms with Crippen LogP contribution in [0.4, 0.5) is 0 Å². The summed E-state index contributed by atoms with van der Waals surface area (Å²) in [5, 5.41) is 72.2. The summed E-state index contributed by atoms with van der Waals surface area (Å²) in [7, 11) is 0. The third-order valence-electron chi connectivity index (χ3n) is 12.4. The molecule has 2 aliphatic heterocycles. The zero-order chi connectivity index (χ0) is 52.4. The smallest absolute Gasteiger partial charge is 0.306 e. The number of aliphatic hydroxyl groups excluding tert-OH is 7. The minimum absolute atomic E-state index is 0.0816. The molecule has 0 aliphatic carbocycles. The topological polar surface area (TPSA) is 231 Å². The fourth-order valence-corrected chi connectivity index (χ4v) is 7.93. The molecule has 2 fully saturated rings. The number of allylic oxidation sites excluding steroid dienone is 14. The predicted molar refractivity (Wildman–Crippen MR) is 279 cm³/mol. The van der Waals surface area contributed by atoms with Gasteiger partial charge in [0, 0.05) is 12.8 Å². The number of carbonyl (C=O) groups is 2. The molecule has 412 valence electrons. The zero-order valence-electron chi connectivity index (χ0n) is 43.6. The Kier molecular flexibility index (Phi) is 38.7. The number of hydrogen-bond acceptors (Lipinski definition) is 15. The quantitative estimate of drug-likeness (QED) is 0.0173. The molecule has 11 atom stereocenters. The number of aliphatic hydroxyl groups is 7. The van der Waals surface area contributed by atoms with Gasteiger partial charge in [-0.25, -0.2) is 0 Å². The van der Waals surface area contributed by atoms with E-state index < -0.39 is 99.3 Å². The van der Waals surface area contributed by atoms with E-state index in [0.29, 0.717) is 19.3 Å². The minimum atomic E-state index is -1.78. The number of rotatable bonds is 41. The van der Waals surface area contributed by atoms with Crippen molar-refractivity contribution in [1.82, 2.24) is 0 Å². The summed E-state index contributed by atoms with van der Waals surface area (Å²) in [5.74, 6) is -1.00. The van der Waals surface area contributed by atoms with Crippen molar-refractivity contribution in [1.29, 1.82) is 0 Å². The molecule has 0 saturated carbocycles. The van der Waals surface area contributed by atoms with Crippen molar-refractivity contribution < 1.29 is 73.8 Å². The third-order valence-corrected chi connectivity index (χ3v) is 12.4. The van der Waals surface area contributed by atoms with E-state index in [1.165, 1.54) is 57.8 Å². The van der Waals surface area contributed by atoms with Gasteiger partial charge in [0.2, 0.25) is 0 Å². The molecule has 7 N–H and O–H groups in total. The van der Waals surface area contributed by atoms with Crippen molar-refractivity contribution in [3.05, 3.63) is 85.1 Å². The molecule has 2 aliphatic rings. The SMILES string of the molecule is CC/C=C/C/C=C/C/C=C/C/C=C/C/C=C/CCCC(=O)O[C@@H](COC(=O)CCCCCCCCCCC/C=C/C/C=C/CCCCC)CO[C@@H]1O[C@H](CO[C@@H]2O[C@H](CO)[C@H](O)C(O)C2O)[C@H](O)C(O)C1O. The Hall–Kier alpha value is -3.32. The summed E-state index contributed by atoms with van der Waals surface area (Å²) in [5.41, 5.74) is 0. The first-order valence-electron chi connectivity index (χ1n) is 27.2. The van der Waals surface area contributed by atoms with E-state index in [0.717, 1.165) is 64.2 Å². The lowest BCUT2D eigenvalue weighted by Gasteiger charge is -2.42. The highest BCUT2D eigenvalue weighted by atomic mass is 16.7. The summed E-state index contributed by atoms with van der Waals surface area (Å²) in [4.78, 5) is 25.8. The summed E-state index contributed by atoms with van der Waals surface area (Å²) in [6.45, 7) is 2.38. The molecule has 0 amide bonds. The number of hydrogen-bond donors (Lipinski definition) is 7. The molecular weight excluding hydrogens is 925 g/mol. The Balaban J connectivity index is 1.81. The molecule has 0 aromatic rings. The van der Waals surface area contributed by atoms with E-state index in [2.05, 4.69) is 86.8 Å². The maximum Gasteiger partial charge on any atom is 0.306 e. The molecule has 72 heavy (non-hydrogen) atoms. The lowest BCUT2D eigenvalue weighted by molar-refractivity contribution is -0.332. The van der Waals surface area contributed by atoms with Crippen LogP contribution < -0.4 is 0 Å². The van der Waals surface area contributed by atoms with Gasteiger partial charge in [-0.3, -0.25) is 9.59 Å². The van der Waals surface area contributed by atoms with Crippen molar-refractivity contribution in [2.24, 2.45) is 0 Å². The highest BCUT2D eigenvalue weighted by molar-refractivity contribution is 5.70. The van der Waals surface area contributed by atoms with Crippen LogP contribution in [-0.4, -0.2) is 142 Å². The van der Waals surface area contributed by atoms with Crippen molar-refractivity contribution >= 4 is 11.9 Å². The monoisotopic (exact) mass is 1020 g/mol. The number of carbonyl (C=O) groups excluding carboxylic acids is 2. The van der Waals surface area contributed by atoms with E-state index in [9.17, 15) is 45.3 Å². The second kappa shape index (κ2) is 43.0. The van der Waals surface area contributed by atoms with Gasteiger partial charge in [-0.2, -0.15) is 0 Å². The van der Waals surface area contributed by atoms with Crippen LogP contribution in [0.5, 0.6) is 0 Å². The summed E-state index contributed by atoms with van der Waals surface area (Å²) in [6.07, 6.45) is 36.1. The van der Waals surface area contributed by atoms with Gasteiger partial charge in [0.1, 0.15) is 55.4 Å². The Morgan fingerprint density at radius 3 is 1.42 bits per heavy atom. The van der Waals surface area contributed by atoms with Gasteiger partial charge in [0.15, 0.2) is 18.7 Å². The van der Waals surface area contributed by atoms with Crippen molar-refractivity contribution in [2.45, 2.75) is 235 Å². The largest absolute Gasteiger partial charge is 0.462 e. The normalized spacial score (nSPS) is 25.7. The van der Waals surface area contributed by atoms with Gasteiger partial charge >= 0.3 is 11.9 Å². The molecule has 15 heteroatoms. The molecule has 4 unspecified atom stereocenters. The van der Waals surface area contributed by atoms with Gasteiger partial charge in [-0.15, -0.1) is 0 Å². The van der Waals surface area contributed by atoms with Gasteiger partial charge in [-0.1, -0.05) is 157 Å². The first kappa shape index (κ1) is 64.8. The standard InChI is InChI=1S/C57H94O15/c1-3-5-7-9-11-13-15-17-19-21-22-24-25-27-29-31-33-35-37-39-48(59)67-42-45(70-49(60)40-38-36-34-32-30-28-26-23-20-18-16-14-12-10-8-6-4-2)43-68-56-55(66)53(64)51(62)47(72-56)44-69-57-54(65)52(63)50(61)46(41-58)71-57/h6,8,11-14,17-20,26,28,32,34,45-47,50-58,61-66H,3-5,7,9-10,15-16,21-25,27,29-31,33,35-44H2,1-2H3/b8-6+,13-11+,14-12+,19-17+,20-18+,28-26+,34-32+/t45-,46+,47+,50-,51-,52?,53?,54?,55?,56+,57+/m0/s1. The van der Waals surface area contributed by atoms with E-state index in [1.54, 1.807) is 0 Å². The second-order valence-electron chi connectivity index (χ2n) is 18.7. The highest BCUT2D eigenvalue weighted by Gasteiger charge is 2.47. The molecule has 0 bridgehead atoms. The van der Waals surface area contributed by atoms with Crippen molar-refractivity contribution in [2.75, 3.05) is 26.4 Å². The molecular formula is C57H94O15. The van der Waals surface area contributed by atoms with Gasteiger partial charge in [-0.05, 0) is 83.5 Å². The Morgan fingerprint density at radius 1 is 0.458 bits per heavy atom. The maximum absolute atomic E-state index is 13.0.